The highest BCUT2D eigenvalue weighted by atomic mass is 32.2. The summed E-state index contributed by atoms with van der Waals surface area (Å²) in [6.45, 7) is 4.91. The van der Waals surface area contributed by atoms with Crippen molar-refractivity contribution in [2.45, 2.75) is 31.2 Å². The van der Waals surface area contributed by atoms with Gasteiger partial charge in [0.2, 0.25) is 10.0 Å². The van der Waals surface area contributed by atoms with Crippen molar-refractivity contribution in [3.05, 3.63) is 29.8 Å². The standard InChI is InChI=1S/C16H24N2O5S2/c1-4-18(5-2)16(19)13-6-8-15(9-7-13)25(22,23)17(3)14-10-11-24(20,21)12-14/h6-9,14H,4-5,10-12H2,1-3H3. The second kappa shape index (κ2) is 7.43. The number of carbonyl (C=O) groups is 1. The van der Waals surface area contributed by atoms with Crippen molar-refractivity contribution >= 4 is 25.8 Å². The van der Waals surface area contributed by atoms with Gasteiger partial charge in [-0.15, -0.1) is 0 Å². The first-order chi connectivity index (χ1) is 11.6. The third-order valence-electron chi connectivity index (χ3n) is 4.55. The first-order valence-electron chi connectivity index (χ1n) is 8.20. The highest BCUT2D eigenvalue weighted by molar-refractivity contribution is 7.92. The van der Waals surface area contributed by atoms with Crippen LogP contribution in [0.25, 0.3) is 0 Å². The molecule has 1 aromatic rings. The molecule has 9 heteroatoms. The van der Waals surface area contributed by atoms with Gasteiger partial charge < -0.3 is 4.90 Å². The molecule has 140 valence electrons. The van der Waals surface area contributed by atoms with Crippen LogP contribution in [0.3, 0.4) is 0 Å². The maximum absolute atomic E-state index is 12.7. The van der Waals surface area contributed by atoms with Crippen LogP contribution in [-0.4, -0.2) is 69.6 Å². The molecule has 0 bridgehead atoms. The molecule has 0 N–H and O–H groups in total. The van der Waals surface area contributed by atoms with E-state index in [0.717, 1.165) is 4.31 Å². The molecular weight excluding hydrogens is 364 g/mol. The van der Waals surface area contributed by atoms with Gasteiger partial charge >= 0.3 is 0 Å². The molecule has 0 aromatic heterocycles. The van der Waals surface area contributed by atoms with Crippen LogP contribution in [0.4, 0.5) is 0 Å². The number of sulfone groups is 1. The van der Waals surface area contributed by atoms with E-state index in [0.29, 0.717) is 25.1 Å². The summed E-state index contributed by atoms with van der Waals surface area (Å²) in [5, 5.41) is 0. The Balaban J connectivity index is 2.22. The number of sulfonamides is 1. The molecule has 1 aromatic carbocycles. The van der Waals surface area contributed by atoms with Crippen molar-refractivity contribution in [2.75, 3.05) is 31.6 Å². The van der Waals surface area contributed by atoms with E-state index in [1.54, 1.807) is 4.90 Å². The van der Waals surface area contributed by atoms with E-state index in [2.05, 4.69) is 0 Å². The fourth-order valence-electron chi connectivity index (χ4n) is 2.89. The van der Waals surface area contributed by atoms with Crippen LogP contribution in [0.5, 0.6) is 0 Å². The first-order valence-corrected chi connectivity index (χ1v) is 11.5. The van der Waals surface area contributed by atoms with E-state index < -0.39 is 25.9 Å². The van der Waals surface area contributed by atoms with Gasteiger partial charge in [0.05, 0.1) is 16.4 Å². The minimum absolute atomic E-state index is 0.00877. The molecule has 1 aliphatic heterocycles. The highest BCUT2D eigenvalue weighted by Crippen LogP contribution is 2.23. The molecule has 1 atom stereocenters. The van der Waals surface area contributed by atoms with Crippen molar-refractivity contribution < 1.29 is 21.6 Å². The number of nitrogens with zero attached hydrogens (tertiary/aromatic N) is 2. The van der Waals surface area contributed by atoms with Crippen LogP contribution >= 0.6 is 0 Å². The second-order valence-corrected chi connectivity index (χ2v) is 10.3. The fraction of sp³-hybridized carbons (Fsp3) is 0.562. The van der Waals surface area contributed by atoms with E-state index in [4.69, 9.17) is 0 Å². The Bertz CT molecular complexity index is 828. The summed E-state index contributed by atoms with van der Waals surface area (Å²) < 4.78 is 49.7. The Hall–Kier alpha value is -1.45. The molecule has 0 saturated carbocycles. The first kappa shape index (κ1) is 19.9. The number of amides is 1. The molecule has 1 unspecified atom stereocenters. The van der Waals surface area contributed by atoms with Crippen LogP contribution in [0, 0.1) is 0 Å². The Labute approximate surface area is 149 Å². The monoisotopic (exact) mass is 388 g/mol. The van der Waals surface area contributed by atoms with Crippen molar-refractivity contribution in [3.63, 3.8) is 0 Å². The molecule has 1 aliphatic rings. The summed E-state index contributed by atoms with van der Waals surface area (Å²) in [6, 6.07) is 5.23. The maximum Gasteiger partial charge on any atom is 0.253 e. The summed E-state index contributed by atoms with van der Waals surface area (Å²) >= 11 is 0. The van der Waals surface area contributed by atoms with Gasteiger partial charge in [0.25, 0.3) is 5.91 Å². The molecule has 7 nitrogen and oxygen atoms in total. The quantitative estimate of drug-likeness (QED) is 0.724. The Morgan fingerprint density at radius 3 is 2.16 bits per heavy atom. The van der Waals surface area contributed by atoms with E-state index >= 15 is 0 Å². The van der Waals surface area contributed by atoms with Crippen LogP contribution in [0.1, 0.15) is 30.6 Å². The number of hydrogen-bond donors (Lipinski definition) is 0. The summed E-state index contributed by atoms with van der Waals surface area (Å²) in [5.41, 5.74) is 0.425. The minimum atomic E-state index is -3.80. The van der Waals surface area contributed by atoms with Crippen molar-refractivity contribution in [2.24, 2.45) is 0 Å². The van der Waals surface area contributed by atoms with Crippen LogP contribution in [-0.2, 0) is 19.9 Å². The van der Waals surface area contributed by atoms with Crippen LogP contribution in [0.15, 0.2) is 29.2 Å². The molecule has 0 aliphatic carbocycles. The van der Waals surface area contributed by atoms with Gasteiger partial charge in [-0.3, -0.25) is 4.79 Å². The van der Waals surface area contributed by atoms with Gasteiger partial charge in [0.15, 0.2) is 9.84 Å². The lowest BCUT2D eigenvalue weighted by atomic mass is 10.2. The zero-order valence-electron chi connectivity index (χ0n) is 14.7. The Kier molecular flexibility index (Phi) is 5.90. The predicted octanol–water partition coefficient (Wildman–Crippen LogP) is 0.976. The van der Waals surface area contributed by atoms with E-state index in [-0.39, 0.29) is 22.3 Å². The maximum atomic E-state index is 12.7. The highest BCUT2D eigenvalue weighted by Gasteiger charge is 2.36. The summed E-state index contributed by atoms with van der Waals surface area (Å²) in [5.74, 6) is -0.292. The van der Waals surface area contributed by atoms with Crippen LogP contribution < -0.4 is 0 Å². The van der Waals surface area contributed by atoms with Gasteiger partial charge in [-0.1, -0.05) is 0 Å². The second-order valence-electron chi connectivity index (χ2n) is 6.08. The van der Waals surface area contributed by atoms with Gasteiger partial charge in [0, 0.05) is 31.7 Å². The molecule has 25 heavy (non-hydrogen) atoms. The largest absolute Gasteiger partial charge is 0.339 e. The molecule has 1 amide bonds. The zero-order chi connectivity index (χ0) is 18.8. The van der Waals surface area contributed by atoms with Crippen LogP contribution in [0.2, 0.25) is 0 Å². The van der Waals surface area contributed by atoms with Crippen molar-refractivity contribution in [3.8, 4) is 0 Å². The molecule has 0 radical (unpaired) electrons. The normalized spacial score (nSPS) is 19.9. The topological polar surface area (TPSA) is 91.8 Å². The zero-order valence-corrected chi connectivity index (χ0v) is 16.3. The van der Waals surface area contributed by atoms with Gasteiger partial charge in [-0.25, -0.2) is 16.8 Å². The molecule has 1 heterocycles. The Morgan fingerprint density at radius 2 is 1.72 bits per heavy atom. The van der Waals surface area contributed by atoms with Crippen molar-refractivity contribution in [1.82, 2.24) is 9.21 Å². The average molecular weight is 389 g/mol. The average Bonchev–Trinajstić information content (AvgIpc) is 2.95. The fourth-order valence-corrected chi connectivity index (χ4v) is 6.14. The molecule has 1 fully saturated rings. The van der Waals surface area contributed by atoms with Gasteiger partial charge in [-0.05, 0) is 44.5 Å². The predicted molar refractivity (Wildman–Crippen MR) is 95.7 cm³/mol. The molecule has 1 saturated heterocycles. The number of benzene rings is 1. The lowest BCUT2D eigenvalue weighted by Crippen LogP contribution is -2.37. The number of carbonyl (C=O) groups excluding carboxylic acids is 1. The molecule has 0 spiro atoms. The SMILES string of the molecule is CCN(CC)C(=O)c1ccc(S(=O)(=O)N(C)C2CCS(=O)(=O)C2)cc1. The summed E-state index contributed by atoms with van der Waals surface area (Å²) in [4.78, 5) is 14.0. The number of hydrogen-bond acceptors (Lipinski definition) is 5. The van der Waals surface area contributed by atoms with Gasteiger partial charge in [0.1, 0.15) is 0 Å². The van der Waals surface area contributed by atoms with Crippen molar-refractivity contribution in [1.29, 1.82) is 0 Å². The third-order valence-corrected chi connectivity index (χ3v) is 8.23. The Morgan fingerprint density at radius 1 is 1.16 bits per heavy atom. The third kappa shape index (κ3) is 4.21. The summed E-state index contributed by atoms with van der Waals surface area (Å²) in [6.07, 6.45) is 0.302. The minimum Gasteiger partial charge on any atom is -0.339 e. The van der Waals surface area contributed by atoms with E-state index in [1.165, 1.54) is 31.3 Å². The lowest BCUT2D eigenvalue weighted by Gasteiger charge is -2.23. The molecular formula is C16H24N2O5S2. The van der Waals surface area contributed by atoms with E-state index in [9.17, 15) is 21.6 Å². The van der Waals surface area contributed by atoms with Gasteiger partial charge in [-0.2, -0.15) is 4.31 Å². The number of rotatable bonds is 6. The van der Waals surface area contributed by atoms with E-state index in [1.807, 2.05) is 13.8 Å². The lowest BCUT2D eigenvalue weighted by molar-refractivity contribution is 0.0773. The smallest absolute Gasteiger partial charge is 0.253 e. The summed E-state index contributed by atoms with van der Waals surface area (Å²) in [7, 11) is -5.58. The molecule has 2 rings (SSSR count).